The van der Waals surface area contributed by atoms with Gasteiger partial charge in [0, 0.05) is 13.0 Å². The standard InChI is InChI=1S/C16H19N3O4/c1-19(9-14-17-16(21)23-18-14)15(20)12-7-13(8-12)22-10-11-5-3-2-4-6-11/h2-6,12-13H,7-10H2,1H3,(H,17,18,21). The van der Waals surface area contributed by atoms with Gasteiger partial charge in [-0.25, -0.2) is 4.79 Å². The number of benzene rings is 1. The molecule has 1 saturated carbocycles. The van der Waals surface area contributed by atoms with Crippen LogP contribution < -0.4 is 5.76 Å². The van der Waals surface area contributed by atoms with Crippen LogP contribution in [0.25, 0.3) is 0 Å². The van der Waals surface area contributed by atoms with Crippen LogP contribution in [-0.4, -0.2) is 34.1 Å². The van der Waals surface area contributed by atoms with Gasteiger partial charge in [0.2, 0.25) is 5.91 Å². The third-order valence-corrected chi connectivity index (χ3v) is 4.02. The number of hydrogen-bond donors (Lipinski definition) is 1. The molecule has 7 nitrogen and oxygen atoms in total. The summed E-state index contributed by atoms with van der Waals surface area (Å²) < 4.78 is 10.2. The number of nitrogens with one attached hydrogen (secondary N) is 1. The first-order valence-corrected chi connectivity index (χ1v) is 7.57. The highest BCUT2D eigenvalue weighted by molar-refractivity contribution is 5.79. The summed E-state index contributed by atoms with van der Waals surface area (Å²) in [6, 6.07) is 9.98. The lowest BCUT2D eigenvalue weighted by atomic mass is 9.81. The molecule has 7 heteroatoms. The number of hydrogen-bond acceptors (Lipinski definition) is 5. The summed E-state index contributed by atoms with van der Waals surface area (Å²) in [5, 5.41) is 3.56. The monoisotopic (exact) mass is 317 g/mol. The van der Waals surface area contributed by atoms with Gasteiger partial charge in [0.15, 0.2) is 5.82 Å². The smallest absolute Gasteiger partial charge is 0.373 e. The van der Waals surface area contributed by atoms with E-state index in [9.17, 15) is 9.59 Å². The molecule has 0 aliphatic heterocycles. The lowest BCUT2D eigenvalue weighted by Gasteiger charge is -2.36. The fraction of sp³-hybridized carbons (Fsp3) is 0.438. The third-order valence-electron chi connectivity index (χ3n) is 4.02. The van der Waals surface area contributed by atoms with Crippen LogP contribution >= 0.6 is 0 Å². The largest absolute Gasteiger partial charge is 0.438 e. The fourth-order valence-electron chi connectivity index (χ4n) is 2.63. The van der Waals surface area contributed by atoms with E-state index in [1.807, 2.05) is 30.3 Å². The van der Waals surface area contributed by atoms with Gasteiger partial charge in [0.1, 0.15) is 0 Å². The first-order chi connectivity index (χ1) is 11.1. The van der Waals surface area contributed by atoms with E-state index < -0.39 is 5.76 Å². The van der Waals surface area contributed by atoms with Crippen molar-refractivity contribution < 1.29 is 14.1 Å². The minimum absolute atomic E-state index is 0.0283. The second-order valence-electron chi connectivity index (χ2n) is 5.82. The van der Waals surface area contributed by atoms with E-state index in [1.54, 1.807) is 11.9 Å². The zero-order chi connectivity index (χ0) is 16.2. The van der Waals surface area contributed by atoms with Crippen LogP contribution in [0.15, 0.2) is 39.6 Å². The molecule has 2 aromatic rings. The van der Waals surface area contributed by atoms with E-state index in [-0.39, 0.29) is 24.5 Å². The van der Waals surface area contributed by atoms with Gasteiger partial charge in [-0.15, -0.1) is 0 Å². The van der Waals surface area contributed by atoms with Crippen molar-refractivity contribution in [2.75, 3.05) is 7.05 Å². The molecule has 0 bridgehead atoms. The molecule has 0 radical (unpaired) electrons. The fourth-order valence-corrected chi connectivity index (χ4v) is 2.63. The van der Waals surface area contributed by atoms with Crippen molar-refractivity contribution in [2.24, 2.45) is 5.92 Å². The van der Waals surface area contributed by atoms with Crippen LogP contribution in [0.1, 0.15) is 24.2 Å². The van der Waals surface area contributed by atoms with E-state index in [0.29, 0.717) is 12.4 Å². The highest BCUT2D eigenvalue weighted by atomic mass is 16.5. The van der Waals surface area contributed by atoms with E-state index >= 15 is 0 Å². The highest BCUT2D eigenvalue weighted by Gasteiger charge is 2.36. The number of carbonyl (C=O) groups excluding carboxylic acids is 1. The molecule has 3 rings (SSSR count). The molecule has 1 aliphatic rings. The third kappa shape index (κ3) is 3.87. The van der Waals surface area contributed by atoms with E-state index in [0.717, 1.165) is 18.4 Å². The number of ether oxygens (including phenoxy) is 1. The predicted octanol–water partition coefficient (Wildman–Crippen LogP) is 1.32. The van der Waals surface area contributed by atoms with Gasteiger partial charge in [-0.1, -0.05) is 35.5 Å². The van der Waals surface area contributed by atoms with Crippen LogP contribution in [0, 0.1) is 5.92 Å². The number of aromatic amines is 1. The summed E-state index contributed by atoms with van der Waals surface area (Å²) >= 11 is 0. The van der Waals surface area contributed by atoms with Crippen molar-refractivity contribution in [3.8, 4) is 0 Å². The minimum Gasteiger partial charge on any atom is -0.373 e. The SMILES string of the molecule is CN(Cc1noc(=O)[nH]1)C(=O)C1CC(OCc2ccccc2)C1. The first-order valence-electron chi connectivity index (χ1n) is 7.57. The molecular formula is C16H19N3O4. The minimum atomic E-state index is -0.612. The molecule has 1 heterocycles. The van der Waals surface area contributed by atoms with Crippen molar-refractivity contribution in [1.82, 2.24) is 15.0 Å². The Labute approximate surface area is 133 Å². The van der Waals surface area contributed by atoms with Crippen molar-refractivity contribution in [3.05, 3.63) is 52.3 Å². The van der Waals surface area contributed by atoms with Gasteiger partial charge < -0.3 is 9.64 Å². The molecule has 1 aromatic carbocycles. The molecule has 0 spiro atoms. The van der Waals surface area contributed by atoms with E-state index in [4.69, 9.17) is 4.74 Å². The topological polar surface area (TPSA) is 88.4 Å². The second kappa shape index (κ2) is 6.78. The number of nitrogens with zero attached hydrogens (tertiary/aromatic N) is 2. The summed E-state index contributed by atoms with van der Waals surface area (Å²) in [5.41, 5.74) is 1.13. The molecule has 23 heavy (non-hydrogen) atoms. The molecule has 1 aliphatic carbocycles. The van der Waals surface area contributed by atoms with Crippen LogP contribution in [0.5, 0.6) is 0 Å². The molecule has 0 saturated heterocycles. The van der Waals surface area contributed by atoms with Crippen molar-refractivity contribution in [3.63, 3.8) is 0 Å². The van der Waals surface area contributed by atoms with Gasteiger partial charge in [-0.05, 0) is 18.4 Å². The Morgan fingerprint density at radius 1 is 1.39 bits per heavy atom. The Kier molecular flexibility index (Phi) is 4.57. The Balaban J connectivity index is 1.41. The van der Waals surface area contributed by atoms with Gasteiger partial charge in [0.05, 0.1) is 19.3 Å². The molecule has 1 N–H and O–H groups in total. The van der Waals surface area contributed by atoms with E-state index in [2.05, 4.69) is 14.7 Å². The number of rotatable bonds is 6. The number of carbonyl (C=O) groups is 1. The van der Waals surface area contributed by atoms with Crippen LogP contribution in [0.2, 0.25) is 0 Å². The Bertz CT molecular complexity index is 703. The van der Waals surface area contributed by atoms with Gasteiger partial charge >= 0.3 is 5.76 Å². The lowest BCUT2D eigenvalue weighted by Crippen LogP contribution is -2.43. The summed E-state index contributed by atoms with van der Waals surface area (Å²) in [5.74, 6) is -0.256. The summed E-state index contributed by atoms with van der Waals surface area (Å²) in [6.45, 7) is 0.805. The van der Waals surface area contributed by atoms with Gasteiger partial charge in [-0.3, -0.25) is 14.3 Å². The maximum Gasteiger partial charge on any atom is 0.438 e. The number of H-pyrrole nitrogens is 1. The van der Waals surface area contributed by atoms with Gasteiger partial charge in [-0.2, -0.15) is 0 Å². The molecule has 1 fully saturated rings. The summed E-state index contributed by atoms with van der Waals surface area (Å²) in [6.07, 6.45) is 1.58. The Hall–Kier alpha value is -2.41. The zero-order valence-corrected chi connectivity index (χ0v) is 12.9. The number of aromatic nitrogens is 2. The Morgan fingerprint density at radius 2 is 2.13 bits per heavy atom. The Morgan fingerprint density at radius 3 is 2.78 bits per heavy atom. The first kappa shape index (κ1) is 15.5. The molecular weight excluding hydrogens is 298 g/mol. The maximum absolute atomic E-state index is 12.3. The molecule has 1 aromatic heterocycles. The van der Waals surface area contributed by atoms with Crippen LogP contribution in [0.4, 0.5) is 0 Å². The zero-order valence-electron chi connectivity index (χ0n) is 12.9. The maximum atomic E-state index is 12.3. The van der Waals surface area contributed by atoms with Crippen LogP contribution in [0.3, 0.4) is 0 Å². The van der Waals surface area contributed by atoms with Crippen molar-refractivity contribution in [2.45, 2.75) is 32.1 Å². The van der Waals surface area contributed by atoms with Gasteiger partial charge in [0.25, 0.3) is 0 Å². The molecule has 0 atom stereocenters. The molecule has 122 valence electrons. The molecule has 0 unspecified atom stereocenters. The second-order valence-corrected chi connectivity index (χ2v) is 5.82. The predicted molar refractivity (Wildman–Crippen MR) is 81.3 cm³/mol. The van der Waals surface area contributed by atoms with Crippen molar-refractivity contribution in [1.29, 1.82) is 0 Å². The average Bonchev–Trinajstić information content (AvgIpc) is 2.91. The van der Waals surface area contributed by atoms with Crippen molar-refractivity contribution >= 4 is 5.91 Å². The number of amides is 1. The quantitative estimate of drug-likeness (QED) is 0.868. The van der Waals surface area contributed by atoms with Crippen LogP contribution in [-0.2, 0) is 22.7 Å². The normalized spacial score (nSPS) is 20.0. The lowest BCUT2D eigenvalue weighted by molar-refractivity contribution is -0.144. The highest BCUT2D eigenvalue weighted by Crippen LogP contribution is 2.32. The van der Waals surface area contributed by atoms with E-state index in [1.165, 1.54) is 0 Å². The molecule has 1 amide bonds. The summed E-state index contributed by atoms with van der Waals surface area (Å²) in [7, 11) is 1.69. The average molecular weight is 317 g/mol. The summed E-state index contributed by atoms with van der Waals surface area (Å²) in [4.78, 5) is 27.1.